The predicted octanol–water partition coefficient (Wildman–Crippen LogP) is -2.98. The molecule has 6 nitrogen and oxygen atoms in total. The summed E-state index contributed by atoms with van der Waals surface area (Å²) in [6.45, 7) is 0. The maximum absolute atomic E-state index is 9.23. The van der Waals surface area contributed by atoms with Crippen molar-refractivity contribution < 1.29 is 27.7 Å². The van der Waals surface area contributed by atoms with E-state index >= 15 is 0 Å². The van der Waals surface area contributed by atoms with Crippen LogP contribution in [0.25, 0.3) is 0 Å². The zero-order chi connectivity index (χ0) is 8.57. The molecule has 68 valence electrons. The van der Waals surface area contributed by atoms with Crippen molar-refractivity contribution in [1.29, 1.82) is 0 Å². The molecule has 0 spiro atoms. The van der Waals surface area contributed by atoms with Gasteiger partial charge < -0.3 is 19.3 Å². The first-order valence-corrected chi connectivity index (χ1v) is 4.46. The van der Waals surface area contributed by atoms with Crippen LogP contribution < -0.4 is 0 Å². The van der Waals surface area contributed by atoms with E-state index in [0.29, 0.717) is 0 Å². The van der Waals surface area contributed by atoms with Gasteiger partial charge in [0.05, 0.1) is 0 Å². The first kappa shape index (κ1) is 23.7. The molecule has 0 aliphatic carbocycles. The Balaban J connectivity index is -0.0000000457. The minimum absolute atomic E-state index is 0. The molecule has 0 aromatic heterocycles. The first-order valence-electron chi connectivity index (χ1n) is 1.91. The van der Waals surface area contributed by atoms with E-state index in [2.05, 4.69) is 0 Å². The Morgan fingerprint density at radius 3 is 0.917 bits per heavy atom. The van der Waals surface area contributed by atoms with Crippen LogP contribution >= 0.6 is 0 Å². The Bertz CT molecular complexity index is 106. The molecule has 10 heteroatoms. The van der Waals surface area contributed by atoms with Gasteiger partial charge in [0.25, 0.3) is 0 Å². The van der Waals surface area contributed by atoms with Crippen LogP contribution in [0.15, 0.2) is 0 Å². The van der Waals surface area contributed by atoms with Crippen LogP contribution in [-0.2, 0) is 22.2 Å². The molecule has 0 saturated heterocycles. The van der Waals surface area contributed by atoms with E-state index in [-0.39, 0.29) is 59.1 Å². The molecule has 0 aliphatic heterocycles. The fraction of sp³-hybridized carbons (Fsp3) is 1.00. The molecule has 0 heterocycles. The van der Waals surface area contributed by atoms with Crippen molar-refractivity contribution >= 4 is 81.3 Å². The van der Waals surface area contributed by atoms with E-state index in [9.17, 15) is 8.42 Å². The van der Waals surface area contributed by atoms with Crippen molar-refractivity contribution in [3.63, 3.8) is 0 Å². The van der Waals surface area contributed by atoms with E-state index in [1.165, 1.54) is 0 Å². The van der Waals surface area contributed by atoms with Gasteiger partial charge >= 0.3 is 59.1 Å². The van der Waals surface area contributed by atoms with Crippen molar-refractivity contribution in [2.24, 2.45) is 0 Å². The third kappa shape index (κ3) is 40.0. The zero-order valence-electron chi connectivity index (χ0n) is 4.84. The summed E-state index contributed by atoms with van der Waals surface area (Å²) < 4.78 is 33.6. The second-order valence-corrected chi connectivity index (χ2v) is 2.70. The number of hydrogen-bond donors (Lipinski definition) is 4. The number of hydrogen-bond acceptors (Lipinski definition) is 4. The van der Waals surface area contributed by atoms with Gasteiger partial charge in [-0.15, -0.1) is 0 Å². The van der Waals surface area contributed by atoms with E-state index < -0.39 is 34.0 Å². The minimum atomic E-state index is -2.02. The first-order chi connectivity index (χ1) is 4.54. The van der Waals surface area contributed by atoms with Crippen LogP contribution in [0.5, 0.6) is 0 Å². The second-order valence-electron chi connectivity index (χ2n) is 0.901. The monoisotopic (exact) mass is 240 g/mol. The summed E-state index contributed by atoms with van der Waals surface area (Å²) in [7, 11) is 0. The molecule has 0 bridgehead atoms. The molecule has 0 saturated carbocycles. The van der Waals surface area contributed by atoms with Gasteiger partial charge in [0.2, 0.25) is 0 Å². The number of aliphatic hydroxyl groups excluding tert-OH is 2. The van der Waals surface area contributed by atoms with Gasteiger partial charge in [-0.25, -0.2) is 8.42 Å². The fourth-order valence-corrected chi connectivity index (χ4v) is 0. The van der Waals surface area contributed by atoms with Crippen molar-refractivity contribution in [3.05, 3.63) is 0 Å². The molecule has 0 fully saturated rings. The summed E-state index contributed by atoms with van der Waals surface area (Å²) in [5.74, 6) is -1.33. The molecular weight excluding hydrogens is 230 g/mol. The Kier molecular flexibility index (Phi) is 37.3. The predicted molar refractivity (Wildman–Crippen MR) is 50.0 cm³/mol. The summed E-state index contributed by atoms with van der Waals surface area (Å²) in [5, 5.41) is 15.2. The Hall–Kier alpha value is 2.14. The zero-order valence-corrected chi connectivity index (χ0v) is 6.47. The second kappa shape index (κ2) is 18.8. The Morgan fingerprint density at radius 2 is 0.917 bits per heavy atom. The summed E-state index contributed by atoms with van der Waals surface area (Å²) in [5.41, 5.74) is 0. The Labute approximate surface area is 119 Å². The molecule has 2 unspecified atom stereocenters. The van der Waals surface area contributed by atoms with Crippen LogP contribution in [0.2, 0.25) is 0 Å². The van der Waals surface area contributed by atoms with E-state index in [1.807, 2.05) is 0 Å². The number of rotatable bonds is 2. The summed E-state index contributed by atoms with van der Waals surface area (Å²) in [4.78, 5) is 0. The fourth-order valence-electron chi connectivity index (χ4n) is 0. The Morgan fingerprint density at radius 1 is 0.833 bits per heavy atom. The topological polar surface area (TPSA) is 115 Å². The van der Waals surface area contributed by atoms with E-state index in [1.54, 1.807) is 0 Å². The van der Waals surface area contributed by atoms with Crippen molar-refractivity contribution in [2.45, 2.75) is 0 Å². The van der Waals surface area contributed by atoms with Gasteiger partial charge in [-0.05, 0) is 0 Å². The van der Waals surface area contributed by atoms with Crippen LogP contribution in [0.3, 0.4) is 0 Å². The van der Waals surface area contributed by atoms with Gasteiger partial charge in [-0.1, -0.05) is 0 Å². The third-order valence-corrected chi connectivity index (χ3v) is 0.663. The van der Waals surface area contributed by atoms with Crippen molar-refractivity contribution in [2.75, 3.05) is 11.9 Å². The quantitative estimate of drug-likeness (QED) is 0.302. The van der Waals surface area contributed by atoms with Gasteiger partial charge in [-0.3, -0.25) is 0 Å². The SMILES string of the molecule is O=S(O)CO.O=S(O)CO.[NaH].[NaH]. The average Bonchev–Trinajstić information content (AvgIpc) is 1.89. The maximum atomic E-state index is 9.23. The molecule has 0 aliphatic rings. The van der Waals surface area contributed by atoms with E-state index in [0.717, 1.165) is 0 Å². The summed E-state index contributed by atoms with van der Waals surface area (Å²) >= 11 is -4.03. The van der Waals surface area contributed by atoms with Gasteiger partial charge in [0, 0.05) is 0 Å². The van der Waals surface area contributed by atoms with Crippen LogP contribution in [-0.4, -0.2) is 98.7 Å². The molecule has 0 aromatic carbocycles. The summed E-state index contributed by atoms with van der Waals surface area (Å²) in [6.07, 6.45) is 0. The van der Waals surface area contributed by atoms with Crippen molar-refractivity contribution in [1.82, 2.24) is 0 Å². The van der Waals surface area contributed by atoms with Crippen LogP contribution in [0.4, 0.5) is 0 Å². The molecule has 0 amide bonds. The van der Waals surface area contributed by atoms with Crippen molar-refractivity contribution in [3.8, 4) is 0 Å². The molecule has 12 heavy (non-hydrogen) atoms. The third-order valence-electron chi connectivity index (χ3n) is 0.221. The van der Waals surface area contributed by atoms with Gasteiger partial charge in [0.15, 0.2) is 22.2 Å². The standard InChI is InChI=1S/2CH4O3S.2Na.2H/c2*2-1-5(3)4;;;;/h2*2H,1H2,(H,3,4);;;;. The molecule has 0 aromatic rings. The van der Waals surface area contributed by atoms with Gasteiger partial charge in [0.1, 0.15) is 11.9 Å². The van der Waals surface area contributed by atoms with E-state index in [4.69, 9.17) is 19.3 Å². The molecular formula is C2H10Na2O6S2. The van der Waals surface area contributed by atoms with Crippen LogP contribution in [0.1, 0.15) is 0 Å². The normalized spacial score (nSPS) is 12.3. The van der Waals surface area contributed by atoms with Gasteiger partial charge in [-0.2, -0.15) is 0 Å². The van der Waals surface area contributed by atoms with Crippen LogP contribution in [0, 0.1) is 0 Å². The molecule has 2 atom stereocenters. The molecule has 4 N–H and O–H groups in total. The number of aliphatic hydroxyl groups is 2. The molecule has 0 radical (unpaired) electrons. The molecule has 0 rings (SSSR count). The average molecular weight is 240 g/mol. The summed E-state index contributed by atoms with van der Waals surface area (Å²) in [6, 6.07) is 0.